The summed E-state index contributed by atoms with van der Waals surface area (Å²) in [5.41, 5.74) is 3.18. The van der Waals surface area contributed by atoms with Gasteiger partial charge in [-0.2, -0.15) is 8.75 Å². The van der Waals surface area contributed by atoms with Gasteiger partial charge in [0.25, 0.3) is 0 Å². The van der Waals surface area contributed by atoms with Gasteiger partial charge in [0.15, 0.2) is 11.6 Å². The van der Waals surface area contributed by atoms with Crippen molar-refractivity contribution in [2.24, 2.45) is 11.8 Å². The maximum atomic E-state index is 15.9. The Morgan fingerprint density at radius 2 is 1.04 bits per heavy atom. The van der Waals surface area contributed by atoms with Gasteiger partial charge in [-0.1, -0.05) is 156 Å². The summed E-state index contributed by atoms with van der Waals surface area (Å²) in [7, 11) is -1.45. The third-order valence-corrected chi connectivity index (χ3v) is 16.0. The molecule has 0 aliphatic heterocycles. The van der Waals surface area contributed by atoms with Crippen molar-refractivity contribution in [3.63, 3.8) is 0 Å². The SMILES string of the molecule is CCCCCCCCC(CCCCCC)COc1cc(-c2ccc(-c3c(F)c(F)c(C)c4nsnc34)s2)c(OCC(CCCCCC)CCCCCCCC)cc1-c1ccc(C)s1.[2H]P([3H])([3H])(F)P[B].[3HH]. The maximum Gasteiger partial charge on any atom is 0 e. The molecular formula is C54H84BF3N2O2P2S3. The summed E-state index contributed by atoms with van der Waals surface area (Å²) in [6.45, 7) is 14.2. The Hall–Kier alpha value is -2.03. The first-order valence-electron chi connectivity index (χ1n) is 27.0. The van der Waals surface area contributed by atoms with Gasteiger partial charge in [0, 0.05) is 37.6 Å². The number of halogens is 3. The van der Waals surface area contributed by atoms with Crippen molar-refractivity contribution in [1.82, 2.24) is 8.75 Å². The fourth-order valence-electron chi connectivity index (χ4n) is 8.87. The van der Waals surface area contributed by atoms with Crippen molar-refractivity contribution in [3.05, 3.63) is 58.5 Å². The van der Waals surface area contributed by atoms with Gasteiger partial charge in [-0.25, -0.2) is 8.78 Å². The van der Waals surface area contributed by atoms with Gasteiger partial charge in [0.1, 0.15) is 22.5 Å². The zero-order chi connectivity index (χ0) is 51.0. The second kappa shape index (κ2) is 33.5. The van der Waals surface area contributed by atoms with Crippen LogP contribution in [0.5, 0.6) is 11.5 Å². The Morgan fingerprint density at radius 1 is 0.642 bits per heavy atom. The van der Waals surface area contributed by atoms with Crippen LogP contribution in [-0.4, -0.2) is 33.4 Å². The molecule has 374 valence electrons. The van der Waals surface area contributed by atoms with Gasteiger partial charge in [-0.3, -0.25) is 0 Å². The second-order valence-corrected chi connectivity index (χ2v) is 23.0. The molecule has 67 heavy (non-hydrogen) atoms. The minimum Gasteiger partial charge on any atom is 0 e. The molecule has 3 atom stereocenters. The van der Waals surface area contributed by atoms with Crippen LogP contribution in [0.1, 0.15) is 194 Å². The molecule has 3 unspecified atom stereocenters. The minimum atomic E-state index is -5.02. The predicted octanol–water partition coefficient (Wildman–Crippen LogP) is 20.1. The molecule has 2 aromatic carbocycles. The first kappa shape index (κ1) is 52.8. The predicted molar refractivity (Wildman–Crippen MR) is 299 cm³/mol. The Bertz CT molecular complexity index is 2270. The number of hydrogen-bond acceptors (Lipinski definition) is 7. The van der Waals surface area contributed by atoms with Gasteiger partial charge in [0.2, 0.25) is 0 Å². The molecule has 0 amide bonds. The summed E-state index contributed by atoms with van der Waals surface area (Å²) in [6.07, 6.45) is 30.2. The molecule has 0 aliphatic carbocycles. The molecule has 0 fully saturated rings. The van der Waals surface area contributed by atoms with E-state index in [9.17, 15) is 4.20 Å². The number of hydrogen-bond donors (Lipinski definition) is 0. The average Bonchev–Trinajstić information content (AvgIpc) is 4.13. The maximum absolute atomic E-state index is 15.9. The van der Waals surface area contributed by atoms with Crippen LogP contribution in [0.3, 0.4) is 0 Å². The van der Waals surface area contributed by atoms with Crippen LogP contribution in [0.15, 0.2) is 36.4 Å². The van der Waals surface area contributed by atoms with Crippen molar-refractivity contribution in [1.29, 1.82) is 3.84 Å². The molecule has 0 saturated carbocycles. The molecule has 0 aliphatic rings. The molecule has 3 aromatic heterocycles. The molecular weight excluding hydrogens is 935 g/mol. The standard InChI is InChI=1S/C54H78F2N2O2S3.BFH4P2.H2/c1-7-11-15-19-21-25-29-41(27-23-17-13-9-3)37-59-45-36-44(48-33-34-49(62-48)50-52(56)51(55)40(6)53-54(50)58-63-57-53)46(35-43(45)47-32-31-39(5)61-47)60-38-42(28-24-18-14-10-4)30-26-22-20-16-12-8-2;1-3-4-2;/h31-36,41-42H,7-30,37-38H2,1-6H3;3H,4H3;1H/i;4T2D;1+2. The van der Waals surface area contributed by atoms with E-state index in [1.165, 1.54) is 175 Å². The third kappa shape index (κ3) is 19.3. The molecule has 5 aromatic rings. The molecule has 13 heteroatoms. The van der Waals surface area contributed by atoms with E-state index in [1.807, 2.05) is 12.1 Å². The Morgan fingerprint density at radius 3 is 1.49 bits per heavy atom. The first-order valence-corrected chi connectivity index (χ1v) is 30.7. The van der Waals surface area contributed by atoms with Crippen molar-refractivity contribution in [2.75, 3.05) is 13.2 Å². The minimum absolute atomic E-state index is 0. The number of fused-ring (bicyclic) bond motifs is 1. The van der Waals surface area contributed by atoms with Crippen LogP contribution in [0, 0.1) is 37.3 Å². The third-order valence-electron chi connectivity index (χ3n) is 12.9. The number of aryl methyl sites for hydroxylation is 2. The fraction of sp³-hybridized carbons (Fsp3) is 0.630. The Balaban J connectivity index is 0.00000155. The molecule has 0 spiro atoms. The molecule has 0 saturated heterocycles. The topological polar surface area (TPSA) is 44.2 Å². The van der Waals surface area contributed by atoms with E-state index >= 15 is 8.78 Å². The normalized spacial score (nSPS) is 14.0. The molecule has 0 N–H and O–H groups in total. The van der Waals surface area contributed by atoms with Crippen LogP contribution in [0.4, 0.5) is 13.0 Å². The van der Waals surface area contributed by atoms with Gasteiger partial charge >= 0.3 is 32.2 Å². The zero-order valence-corrected chi connectivity index (χ0v) is 45.9. The number of unbranched alkanes of at least 4 members (excludes halogenated alkanes) is 16. The fourth-order valence-corrected chi connectivity index (χ4v) is 11.4. The van der Waals surface area contributed by atoms with Gasteiger partial charge in [-0.15, -0.1) is 22.7 Å². The van der Waals surface area contributed by atoms with Crippen molar-refractivity contribution in [2.45, 2.75) is 196 Å². The van der Waals surface area contributed by atoms with E-state index in [2.05, 4.69) is 75.2 Å². The van der Waals surface area contributed by atoms with Gasteiger partial charge < -0.3 is 9.47 Å². The monoisotopic (exact) mass is 1030 g/mol. The number of aromatic nitrogens is 2. The van der Waals surface area contributed by atoms with Gasteiger partial charge in [0.05, 0.1) is 30.5 Å². The van der Waals surface area contributed by atoms with Crippen LogP contribution < -0.4 is 9.47 Å². The van der Waals surface area contributed by atoms with Crippen LogP contribution in [-0.2, 0) is 0 Å². The largest absolute Gasteiger partial charge is 0 e. The van der Waals surface area contributed by atoms with Crippen LogP contribution in [0.2, 0.25) is 0 Å². The summed E-state index contributed by atoms with van der Waals surface area (Å²) in [5.74, 6) is 0.892. The smallest absolute Gasteiger partial charge is 0 e. The van der Waals surface area contributed by atoms with Crippen molar-refractivity contribution < 1.29 is 23.9 Å². The summed E-state index contributed by atoms with van der Waals surface area (Å²) < 4.78 is 84.6. The van der Waals surface area contributed by atoms with Crippen molar-refractivity contribution in [3.8, 4) is 42.8 Å². The zero-order valence-electron chi connectivity index (χ0n) is 44.6. The quantitative estimate of drug-likeness (QED) is 0.0234. The Kier molecular flexibility index (Phi) is 26.4. The molecule has 5 rings (SSSR count). The molecule has 2 radical (unpaired) electrons. The van der Waals surface area contributed by atoms with E-state index < -0.39 is 28.2 Å². The second-order valence-electron chi connectivity index (χ2n) is 18.4. The van der Waals surface area contributed by atoms with Crippen LogP contribution in [0.25, 0.3) is 42.4 Å². The Labute approximate surface area is 425 Å². The average molecular weight is 1030 g/mol. The molecule has 4 nitrogen and oxygen atoms in total. The summed E-state index contributed by atoms with van der Waals surface area (Å²) in [5, 5.41) is 0. The van der Waals surface area contributed by atoms with E-state index in [0.717, 1.165) is 39.2 Å². The van der Waals surface area contributed by atoms with E-state index in [-0.39, 0.29) is 12.6 Å². The number of nitrogens with zero attached hydrogens (tertiary/aromatic N) is 2. The number of thiophene rings is 2. The van der Waals surface area contributed by atoms with E-state index in [0.29, 0.717) is 41.0 Å². The first-order chi connectivity index (χ1) is 33.6. The molecule has 0 bridgehead atoms. The van der Waals surface area contributed by atoms with Crippen molar-refractivity contribution >= 4 is 69.6 Å². The van der Waals surface area contributed by atoms with Crippen LogP contribution >= 0.6 is 51.0 Å². The van der Waals surface area contributed by atoms with Gasteiger partial charge in [-0.05, 0) is 87.8 Å². The summed E-state index contributed by atoms with van der Waals surface area (Å²) in [4.78, 5) is 3.96. The number of ether oxygens (including phenoxy) is 2. The summed E-state index contributed by atoms with van der Waals surface area (Å²) >= 11 is 4.22. The number of benzene rings is 2. The van der Waals surface area contributed by atoms with E-state index in [4.69, 9.17) is 13.3 Å². The number of rotatable bonds is 34. The molecule has 3 heterocycles. The summed E-state index contributed by atoms with van der Waals surface area (Å²) in [6, 6.07) is 12.7. The van der Waals surface area contributed by atoms with E-state index in [1.54, 1.807) is 18.3 Å².